The quantitative estimate of drug-likeness (QED) is 0.753. The van der Waals surface area contributed by atoms with Crippen LogP contribution in [0.1, 0.15) is 22.8 Å². The summed E-state index contributed by atoms with van der Waals surface area (Å²) in [7, 11) is 1.28. The lowest BCUT2D eigenvalue weighted by molar-refractivity contribution is -0.153. The van der Waals surface area contributed by atoms with Crippen molar-refractivity contribution in [3.8, 4) is 5.75 Å². The highest BCUT2D eigenvalue weighted by Crippen LogP contribution is 2.17. The Labute approximate surface area is 157 Å². The third-order valence-corrected chi connectivity index (χ3v) is 3.67. The van der Waals surface area contributed by atoms with E-state index in [0.29, 0.717) is 17.0 Å². The van der Waals surface area contributed by atoms with Crippen LogP contribution in [0.25, 0.3) is 0 Å². The zero-order chi connectivity index (χ0) is 19.8. The van der Waals surface area contributed by atoms with E-state index < -0.39 is 30.6 Å². The van der Waals surface area contributed by atoms with E-state index in [1.807, 2.05) is 6.07 Å². The molecule has 1 atom stereocenters. The molecule has 0 spiro atoms. The van der Waals surface area contributed by atoms with Gasteiger partial charge >= 0.3 is 11.9 Å². The number of methoxy groups -OCH3 is 1. The molecule has 0 radical (unpaired) electrons. The first-order chi connectivity index (χ1) is 12.9. The second-order valence-electron chi connectivity index (χ2n) is 5.75. The van der Waals surface area contributed by atoms with Crippen molar-refractivity contribution in [2.75, 3.05) is 19.0 Å². The van der Waals surface area contributed by atoms with E-state index in [-0.39, 0.29) is 0 Å². The van der Waals surface area contributed by atoms with Crippen LogP contribution in [-0.4, -0.2) is 37.7 Å². The molecule has 7 nitrogen and oxygen atoms in total. The fourth-order valence-electron chi connectivity index (χ4n) is 2.19. The van der Waals surface area contributed by atoms with E-state index >= 15 is 0 Å². The van der Waals surface area contributed by atoms with Crippen molar-refractivity contribution in [2.24, 2.45) is 0 Å². The second kappa shape index (κ2) is 9.38. The number of ether oxygens (including phenoxy) is 3. The molecule has 0 heterocycles. The second-order valence-corrected chi connectivity index (χ2v) is 5.75. The predicted octanol–water partition coefficient (Wildman–Crippen LogP) is 2.73. The number of nitrogens with one attached hydrogen (secondary N) is 1. The Morgan fingerprint density at radius 3 is 2.44 bits per heavy atom. The minimum atomic E-state index is -0.857. The van der Waals surface area contributed by atoms with E-state index in [1.165, 1.54) is 20.1 Å². The first-order valence-electron chi connectivity index (χ1n) is 8.28. The van der Waals surface area contributed by atoms with Gasteiger partial charge in [0, 0.05) is 5.69 Å². The van der Waals surface area contributed by atoms with E-state index in [1.54, 1.807) is 43.3 Å². The van der Waals surface area contributed by atoms with Crippen molar-refractivity contribution in [3.05, 3.63) is 59.7 Å². The average molecular weight is 371 g/mol. The molecule has 0 aromatic heterocycles. The lowest BCUT2D eigenvalue weighted by Crippen LogP contribution is -2.29. The standard InChI is InChI=1S/C20H21NO6/c1-13-9-10-15(20(24)25-3)11-17(13)21-18(22)12-26-19(23)14(2)27-16-7-5-4-6-8-16/h4-11,14H,12H2,1-3H3,(H,21,22)/t14-/m1/s1. The lowest BCUT2D eigenvalue weighted by atomic mass is 10.1. The van der Waals surface area contributed by atoms with E-state index in [9.17, 15) is 14.4 Å². The first kappa shape index (κ1) is 20.0. The smallest absolute Gasteiger partial charge is 0.347 e. The maximum Gasteiger partial charge on any atom is 0.347 e. The molecule has 0 aliphatic rings. The van der Waals surface area contributed by atoms with Gasteiger partial charge < -0.3 is 19.5 Å². The molecular formula is C20H21NO6. The highest BCUT2D eigenvalue weighted by atomic mass is 16.6. The highest BCUT2D eigenvalue weighted by molar-refractivity contribution is 5.96. The number of carbonyl (C=O) groups is 3. The summed E-state index contributed by atoms with van der Waals surface area (Å²) in [6.07, 6.45) is -0.857. The molecular weight excluding hydrogens is 350 g/mol. The van der Waals surface area contributed by atoms with Gasteiger partial charge in [-0.05, 0) is 43.7 Å². The largest absolute Gasteiger partial charge is 0.479 e. The zero-order valence-corrected chi connectivity index (χ0v) is 15.4. The van der Waals surface area contributed by atoms with Crippen molar-refractivity contribution in [1.29, 1.82) is 0 Å². The molecule has 0 aliphatic heterocycles. The number of aryl methyl sites for hydroxylation is 1. The number of amides is 1. The molecule has 1 N–H and O–H groups in total. The van der Waals surface area contributed by atoms with Crippen LogP contribution >= 0.6 is 0 Å². The molecule has 27 heavy (non-hydrogen) atoms. The monoisotopic (exact) mass is 371 g/mol. The molecule has 142 valence electrons. The maximum atomic E-state index is 12.1. The molecule has 0 unspecified atom stereocenters. The summed E-state index contributed by atoms with van der Waals surface area (Å²) >= 11 is 0. The van der Waals surface area contributed by atoms with Crippen molar-refractivity contribution in [3.63, 3.8) is 0 Å². The molecule has 2 aromatic rings. The molecule has 0 saturated carbocycles. The molecule has 0 bridgehead atoms. The molecule has 1 amide bonds. The molecule has 2 rings (SSSR count). The number of rotatable bonds is 7. The summed E-state index contributed by atoms with van der Waals surface area (Å²) in [6, 6.07) is 13.6. The summed E-state index contributed by atoms with van der Waals surface area (Å²) < 4.78 is 15.1. The minimum absolute atomic E-state index is 0.306. The van der Waals surface area contributed by atoms with Gasteiger partial charge in [0.25, 0.3) is 5.91 Å². The van der Waals surface area contributed by atoms with Gasteiger partial charge in [-0.25, -0.2) is 9.59 Å². The van der Waals surface area contributed by atoms with Crippen LogP contribution in [-0.2, 0) is 19.1 Å². The first-order valence-corrected chi connectivity index (χ1v) is 8.28. The summed E-state index contributed by atoms with van der Waals surface area (Å²) in [5.41, 5.74) is 1.50. The SMILES string of the molecule is COC(=O)c1ccc(C)c(NC(=O)COC(=O)[C@@H](C)Oc2ccccc2)c1. The number of hydrogen-bond donors (Lipinski definition) is 1. The zero-order valence-electron chi connectivity index (χ0n) is 15.4. The van der Waals surface area contributed by atoms with Gasteiger partial charge in [-0.3, -0.25) is 4.79 Å². The Kier molecular flexibility index (Phi) is 6.93. The Hall–Kier alpha value is -3.35. The van der Waals surface area contributed by atoms with Gasteiger partial charge in [0.15, 0.2) is 12.7 Å². The summed E-state index contributed by atoms with van der Waals surface area (Å²) in [6.45, 7) is 2.85. The van der Waals surface area contributed by atoms with Gasteiger partial charge in [0.05, 0.1) is 12.7 Å². The Balaban J connectivity index is 1.88. The topological polar surface area (TPSA) is 90.9 Å². The highest BCUT2D eigenvalue weighted by Gasteiger charge is 2.18. The van der Waals surface area contributed by atoms with Crippen molar-refractivity contribution >= 4 is 23.5 Å². The van der Waals surface area contributed by atoms with Crippen molar-refractivity contribution < 1.29 is 28.6 Å². The van der Waals surface area contributed by atoms with E-state index in [2.05, 4.69) is 10.1 Å². The Morgan fingerprint density at radius 2 is 1.78 bits per heavy atom. The van der Waals surface area contributed by atoms with Crippen LogP contribution in [0.5, 0.6) is 5.75 Å². The maximum absolute atomic E-state index is 12.1. The molecule has 7 heteroatoms. The number of esters is 2. The van der Waals surface area contributed by atoms with Crippen LogP contribution in [0.15, 0.2) is 48.5 Å². The van der Waals surface area contributed by atoms with Gasteiger partial charge in [-0.2, -0.15) is 0 Å². The van der Waals surface area contributed by atoms with Gasteiger partial charge in [-0.1, -0.05) is 24.3 Å². The molecule has 0 fully saturated rings. The molecule has 0 aliphatic carbocycles. The Bertz CT molecular complexity index is 818. The summed E-state index contributed by atoms with van der Waals surface area (Å²) in [4.78, 5) is 35.6. The number of hydrogen-bond acceptors (Lipinski definition) is 6. The molecule has 2 aromatic carbocycles. The third-order valence-electron chi connectivity index (χ3n) is 3.67. The van der Waals surface area contributed by atoms with E-state index in [4.69, 9.17) is 9.47 Å². The van der Waals surface area contributed by atoms with Crippen molar-refractivity contribution in [2.45, 2.75) is 20.0 Å². The number of para-hydroxylation sites is 1. The average Bonchev–Trinajstić information content (AvgIpc) is 2.67. The normalized spacial score (nSPS) is 11.2. The minimum Gasteiger partial charge on any atom is -0.479 e. The van der Waals surface area contributed by atoms with Gasteiger partial charge in [-0.15, -0.1) is 0 Å². The van der Waals surface area contributed by atoms with Gasteiger partial charge in [0.1, 0.15) is 5.75 Å². The third kappa shape index (κ3) is 5.85. The Morgan fingerprint density at radius 1 is 1.07 bits per heavy atom. The number of carbonyl (C=O) groups excluding carboxylic acids is 3. The lowest BCUT2D eigenvalue weighted by Gasteiger charge is -2.14. The van der Waals surface area contributed by atoms with Crippen LogP contribution in [0, 0.1) is 6.92 Å². The van der Waals surface area contributed by atoms with Crippen LogP contribution < -0.4 is 10.1 Å². The number of anilines is 1. The summed E-state index contributed by atoms with van der Waals surface area (Å²) in [5.74, 6) is -1.17. The van der Waals surface area contributed by atoms with Crippen LogP contribution in [0.3, 0.4) is 0 Å². The van der Waals surface area contributed by atoms with Crippen LogP contribution in [0.4, 0.5) is 5.69 Å². The fourth-order valence-corrected chi connectivity index (χ4v) is 2.19. The summed E-state index contributed by atoms with van der Waals surface area (Å²) in [5, 5.41) is 2.61. The number of benzene rings is 2. The van der Waals surface area contributed by atoms with Gasteiger partial charge in [0.2, 0.25) is 0 Å². The molecule has 0 saturated heterocycles. The predicted molar refractivity (Wildman–Crippen MR) is 98.6 cm³/mol. The van der Waals surface area contributed by atoms with Crippen molar-refractivity contribution in [1.82, 2.24) is 0 Å². The van der Waals surface area contributed by atoms with E-state index in [0.717, 1.165) is 5.56 Å². The fraction of sp³-hybridized carbons (Fsp3) is 0.250. The van der Waals surface area contributed by atoms with Crippen LogP contribution in [0.2, 0.25) is 0 Å².